The van der Waals surface area contributed by atoms with E-state index in [2.05, 4.69) is 20.4 Å². The predicted molar refractivity (Wildman–Crippen MR) is 69.0 cm³/mol. The Hall–Kier alpha value is -2.27. The van der Waals surface area contributed by atoms with Gasteiger partial charge in [-0.3, -0.25) is 4.98 Å². The molecule has 18 heavy (non-hydrogen) atoms. The monoisotopic (exact) mass is 239 g/mol. The van der Waals surface area contributed by atoms with E-state index in [0.29, 0.717) is 0 Å². The Kier molecular flexibility index (Phi) is 2.74. The van der Waals surface area contributed by atoms with E-state index in [0.717, 1.165) is 29.1 Å². The van der Waals surface area contributed by atoms with E-state index < -0.39 is 0 Å². The first-order valence-corrected chi connectivity index (χ1v) is 5.77. The molecular formula is C13H13N5. The Balaban J connectivity index is 2.05. The second-order valence-corrected chi connectivity index (χ2v) is 4.03. The van der Waals surface area contributed by atoms with Gasteiger partial charge in [0.15, 0.2) is 5.65 Å². The lowest BCUT2D eigenvalue weighted by molar-refractivity contribution is 0.796. The number of aromatic nitrogens is 4. The first kappa shape index (κ1) is 10.9. The van der Waals surface area contributed by atoms with Gasteiger partial charge in [-0.15, -0.1) is 0 Å². The normalized spacial score (nSPS) is 10.9. The summed E-state index contributed by atoms with van der Waals surface area (Å²) >= 11 is 0. The van der Waals surface area contributed by atoms with Gasteiger partial charge < -0.3 is 5.32 Å². The van der Waals surface area contributed by atoms with E-state index in [9.17, 15) is 0 Å². The van der Waals surface area contributed by atoms with E-state index in [1.165, 1.54) is 0 Å². The first-order valence-electron chi connectivity index (χ1n) is 5.77. The maximum atomic E-state index is 4.53. The van der Waals surface area contributed by atoms with Crippen molar-refractivity contribution < 1.29 is 0 Å². The fourth-order valence-electron chi connectivity index (χ4n) is 1.87. The second kappa shape index (κ2) is 4.54. The Morgan fingerprint density at radius 2 is 2.22 bits per heavy atom. The average molecular weight is 239 g/mol. The van der Waals surface area contributed by atoms with E-state index >= 15 is 0 Å². The van der Waals surface area contributed by atoms with Crippen molar-refractivity contribution in [3.8, 4) is 11.3 Å². The van der Waals surface area contributed by atoms with Gasteiger partial charge in [0.1, 0.15) is 0 Å². The number of nitrogens with one attached hydrogen (secondary N) is 1. The zero-order valence-electron chi connectivity index (χ0n) is 10.0. The lowest BCUT2D eigenvalue weighted by Gasteiger charge is -1.99. The number of imidazole rings is 1. The molecule has 0 aromatic carbocycles. The van der Waals surface area contributed by atoms with Gasteiger partial charge in [-0.25, -0.2) is 9.50 Å². The number of fused-ring (bicyclic) bond motifs is 1. The summed E-state index contributed by atoms with van der Waals surface area (Å²) in [7, 11) is 1.90. The molecule has 0 spiro atoms. The standard InChI is InChI=1S/C13H13N5/c1-14-8-11-9-18-13(16-11)5-4-12(17-18)10-3-2-6-15-7-10/h2-7,9,14H,8H2,1H3. The van der Waals surface area contributed by atoms with Crippen LogP contribution in [-0.2, 0) is 6.54 Å². The van der Waals surface area contributed by atoms with Crippen LogP contribution in [0.2, 0.25) is 0 Å². The number of hydrogen-bond acceptors (Lipinski definition) is 4. The Morgan fingerprint density at radius 3 is 3.00 bits per heavy atom. The molecule has 0 amide bonds. The molecule has 0 aliphatic heterocycles. The fourth-order valence-corrected chi connectivity index (χ4v) is 1.87. The lowest BCUT2D eigenvalue weighted by atomic mass is 10.2. The summed E-state index contributed by atoms with van der Waals surface area (Å²) in [6.45, 7) is 0.742. The fraction of sp³-hybridized carbons (Fsp3) is 0.154. The Morgan fingerprint density at radius 1 is 1.28 bits per heavy atom. The number of nitrogens with zero attached hydrogens (tertiary/aromatic N) is 4. The van der Waals surface area contributed by atoms with E-state index in [-0.39, 0.29) is 0 Å². The minimum absolute atomic E-state index is 0.742. The van der Waals surface area contributed by atoms with Gasteiger partial charge in [-0.1, -0.05) is 0 Å². The number of hydrogen-bond donors (Lipinski definition) is 1. The van der Waals surface area contributed by atoms with Crippen LogP contribution in [0.15, 0.2) is 42.9 Å². The van der Waals surface area contributed by atoms with Crippen molar-refractivity contribution in [3.05, 3.63) is 48.5 Å². The van der Waals surface area contributed by atoms with Crippen molar-refractivity contribution >= 4 is 5.65 Å². The van der Waals surface area contributed by atoms with Crippen LogP contribution in [0.3, 0.4) is 0 Å². The molecule has 0 saturated carbocycles. The van der Waals surface area contributed by atoms with Gasteiger partial charge in [0, 0.05) is 24.5 Å². The first-order chi connectivity index (χ1) is 8.86. The molecule has 5 nitrogen and oxygen atoms in total. The van der Waals surface area contributed by atoms with E-state index in [1.54, 1.807) is 16.9 Å². The molecule has 0 aliphatic rings. The van der Waals surface area contributed by atoms with Crippen LogP contribution in [-0.4, -0.2) is 26.6 Å². The van der Waals surface area contributed by atoms with Crippen LogP contribution < -0.4 is 5.32 Å². The molecule has 3 heterocycles. The lowest BCUT2D eigenvalue weighted by Crippen LogP contribution is -2.04. The SMILES string of the molecule is CNCc1cn2nc(-c3cccnc3)ccc2n1. The Bertz CT molecular complexity index is 659. The molecule has 0 unspecified atom stereocenters. The van der Waals surface area contributed by atoms with Crippen molar-refractivity contribution in [2.75, 3.05) is 7.05 Å². The quantitative estimate of drug-likeness (QED) is 0.752. The third-order valence-electron chi connectivity index (χ3n) is 2.69. The van der Waals surface area contributed by atoms with E-state index in [4.69, 9.17) is 0 Å². The average Bonchev–Trinajstić information content (AvgIpc) is 2.81. The van der Waals surface area contributed by atoms with Crippen LogP contribution in [0.5, 0.6) is 0 Å². The molecule has 0 atom stereocenters. The molecule has 90 valence electrons. The molecule has 5 heteroatoms. The molecule has 1 N–H and O–H groups in total. The second-order valence-electron chi connectivity index (χ2n) is 4.03. The maximum absolute atomic E-state index is 4.53. The molecule has 0 aliphatic carbocycles. The molecule has 3 rings (SSSR count). The molecule has 0 saturated heterocycles. The summed E-state index contributed by atoms with van der Waals surface area (Å²) in [6, 6.07) is 7.82. The maximum Gasteiger partial charge on any atom is 0.153 e. The zero-order chi connectivity index (χ0) is 12.4. The van der Waals surface area contributed by atoms with Gasteiger partial charge in [0.25, 0.3) is 0 Å². The van der Waals surface area contributed by atoms with Gasteiger partial charge in [0.2, 0.25) is 0 Å². The van der Waals surface area contributed by atoms with Crippen molar-refractivity contribution in [1.82, 2.24) is 24.9 Å². The van der Waals surface area contributed by atoms with Crippen LogP contribution in [0, 0.1) is 0 Å². The van der Waals surface area contributed by atoms with E-state index in [1.807, 2.05) is 37.5 Å². The number of pyridine rings is 1. The summed E-state index contributed by atoms with van der Waals surface area (Å²) in [5, 5.41) is 7.61. The van der Waals surface area contributed by atoms with Crippen molar-refractivity contribution in [3.63, 3.8) is 0 Å². The molecule has 0 bridgehead atoms. The highest BCUT2D eigenvalue weighted by Gasteiger charge is 2.04. The summed E-state index contributed by atoms with van der Waals surface area (Å²) in [4.78, 5) is 8.56. The molecular weight excluding hydrogens is 226 g/mol. The third-order valence-corrected chi connectivity index (χ3v) is 2.69. The highest BCUT2D eigenvalue weighted by atomic mass is 15.2. The minimum Gasteiger partial charge on any atom is -0.314 e. The summed E-state index contributed by atoms with van der Waals surface area (Å²) < 4.78 is 1.80. The van der Waals surface area contributed by atoms with Crippen LogP contribution >= 0.6 is 0 Å². The van der Waals surface area contributed by atoms with Gasteiger partial charge in [0.05, 0.1) is 17.6 Å². The predicted octanol–water partition coefficient (Wildman–Crippen LogP) is 1.51. The topological polar surface area (TPSA) is 55.1 Å². The molecule has 3 aromatic heterocycles. The van der Waals surface area contributed by atoms with Gasteiger partial charge in [-0.2, -0.15) is 5.10 Å². The van der Waals surface area contributed by atoms with Crippen molar-refractivity contribution in [1.29, 1.82) is 0 Å². The molecule has 3 aromatic rings. The van der Waals surface area contributed by atoms with Crippen molar-refractivity contribution in [2.24, 2.45) is 0 Å². The minimum atomic E-state index is 0.742. The largest absolute Gasteiger partial charge is 0.314 e. The van der Waals surface area contributed by atoms with Gasteiger partial charge in [-0.05, 0) is 31.3 Å². The van der Waals surface area contributed by atoms with Crippen LogP contribution in [0.25, 0.3) is 16.9 Å². The molecule has 0 radical (unpaired) electrons. The Labute approximate surface area is 105 Å². The smallest absolute Gasteiger partial charge is 0.153 e. The van der Waals surface area contributed by atoms with Crippen LogP contribution in [0.4, 0.5) is 0 Å². The third kappa shape index (κ3) is 1.96. The zero-order valence-corrected chi connectivity index (χ0v) is 10.0. The van der Waals surface area contributed by atoms with Gasteiger partial charge >= 0.3 is 0 Å². The van der Waals surface area contributed by atoms with Crippen LogP contribution in [0.1, 0.15) is 5.69 Å². The van der Waals surface area contributed by atoms with Crippen molar-refractivity contribution in [2.45, 2.75) is 6.54 Å². The highest BCUT2D eigenvalue weighted by Crippen LogP contribution is 2.15. The summed E-state index contributed by atoms with van der Waals surface area (Å²) in [6.07, 6.45) is 5.50. The summed E-state index contributed by atoms with van der Waals surface area (Å²) in [5.74, 6) is 0. The number of rotatable bonds is 3. The summed E-state index contributed by atoms with van der Waals surface area (Å²) in [5.41, 5.74) is 3.73. The molecule has 0 fully saturated rings. The highest BCUT2D eigenvalue weighted by molar-refractivity contribution is 5.58.